The van der Waals surface area contributed by atoms with Gasteiger partial charge in [0.15, 0.2) is 6.10 Å². The number of rotatable bonds is 61. The minimum absolute atomic E-state index is 0.0770. The van der Waals surface area contributed by atoms with Crippen LogP contribution >= 0.6 is 0 Å². The maximum Gasteiger partial charge on any atom is 0.306 e. The molecule has 0 fully saturated rings. The molecular weight excluding hydrogens is 961 g/mol. The topological polar surface area (TPSA) is 78.9 Å². The average molecular weight is 1090 g/mol. The quantitative estimate of drug-likeness (QED) is 0.0261. The van der Waals surface area contributed by atoms with E-state index >= 15 is 0 Å². The lowest BCUT2D eigenvalue weighted by molar-refractivity contribution is -0.167. The van der Waals surface area contributed by atoms with E-state index in [2.05, 4.69) is 106 Å². The molecule has 0 aliphatic carbocycles. The van der Waals surface area contributed by atoms with Crippen molar-refractivity contribution in [3.05, 3.63) is 85.1 Å². The molecule has 0 radical (unpaired) electrons. The molecule has 0 aromatic heterocycles. The molecular formula is C72H126O6. The molecule has 0 amide bonds. The number of carbonyl (C=O) groups is 3. The second kappa shape index (κ2) is 66.1. The Morgan fingerprint density at radius 2 is 0.500 bits per heavy atom. The highest BCUT2D eigenvalue weighted by atomic mass is 16.6. The fourth-order valence-electron chi connectivity index (χ4n) is 9.66. The van der Waals surface area contributed by atoms with Crippen LogP contribution in [0.1, 0.15) is 335 Å². The summed E-state index contributed by atoms with van der Waals surface area (Å²) in [6.07, 6.45) is 87.8. The molecule has 0 aliphatic heterocycles. The lowest BCUT2D eigenvalue weighted by atomic mass is 10.0. The first kappa shape index (κ1) is 74.6. The van der Waals surface area contributed by atoms with E-state index in [1.807, 2.05) is 0 Å². The van der Waals surface area contributed by atoms with Crippen LogP contribution in [0.3, 0.4) is 0 Å². The van der Waals surface area contributed by atoms with Crippen LogP contribution in [0, 0.1) is 0 Å². The van der Waals surface area contributed by atoms with Crippen molar-refractivity contribution in [2.75, 3.05) is 13.2 Å². The molecule has 0 spiro atoms. The maximum atomic E-state index is 12.9. The van der Waals surface area contributed by atoms with Crippen molar-refractivity contribution in [3.63, 3.8) is 0 Å². The van der Waals surface area contributed by atoms with Gasteiger partial charge in [0.05, 0.1) is 0 Å². The van der Waals surface area contributed by atoms with Gasteiger partial charge in [0.2, 0.25) is 0 Å². The SMILES string of the molecule is CC/C=C\C/C=C\C/C=C\C/C=C\C/C=C\C/C=C\C/C=C\CCCCCCCCCC(=O)OCC(COC(=O)CCCCCCCC)OC(=O)CCCCCCCCCCCCCCCCCCCCCCCCCCC. The van der Waals surface area contributed by atoms with Gasteiger partial charge in [0.25, 0.3) is 0 Å². The van der Waals surface area contributed by atoms with Gasteiger partial charge in [-0.05, 0) is 77.0 Å². The van der Waals surface area contributed by atoms with E-state index in [1.165, 1.54) is 186 Å². The third-order valence-corrected chi connectivity index (χ3v) is 14.7. The van der Waals surface area contributed by atoms with E-state index in [9.17, 15) is 14.4 Å². The number of hydrogen-bond donors (Lipinski definition) is 0. The first-order valence-corrected chi connectivity index (χ1v) is 33.6. The van der Waals surface area contributed by atoms with Crippen molar-refractivity contribution in [3.8, 4) is 0 Å². The highest BCUT2D eigenvalue weighted by Gasteiger charge is 2.19. The lowest BCUT2D eigenvalue weighted by Gasteiger charge is -2.18. The molecule has 1 atom stereocenters. The molecule has 0 rings (SSSR count). The predicted molar refractivity (Wildman–Crippen MR) is 339 cm³/mol. The molecule has 0 bridgehead atoms. The second-order valence-corrected chi connectivity index (χ2v) is 22.4. The van der Waals surface area contributed by atoms with Crippen molar-refractivity contribution < 1.29 is 28.6 Å². The van der Waals surface area contributed by atoms with E-state index in [0.29, 0.717) is 19.3 Å². The van der Waals surface area contributed by atoms with E-state index in [0.717, 1.165) is 109 Å². The molecule has 0 saturated carbocycles. The first-order chi connectivity index (χ1) is 38.5. The molecule has 6 heteroatoms. The van der Waals surface area contributed by atoms with Crippen LogP contribution in [0.5, 0.6) is 0 Å². The van der Waals surface area contributed by atoms with Gasteiger partial charge in [-0.2, -0.15) is 0 Å². The fraction of sp³-hybridized carbons (Fsp3) is 0.764. The molecule has 0 aliphatic rings. The Bertz CT molecular complexity index is 1480. The number of esters is 3. The number of ether oxygens (including phenoxy) is 3. The largest absolute Gasteiger partial charge is 0.462 e. The summed E-state index contributed by atoms with van der Waals surface area (Å²) in [7, 11) is 0. The normalized spacial score (nSPS) is 12.6. The molecule has 0 aromatic rings. The Kier molecular flexibility index (Phi) is 63.2. The summed E-state index contributed by atoms with van der Waals surface area (Å²) < 4.78 is 16.8. The predicted octanol–water partition coefficient (Wildman–Crippen LogP) is 23.1. The van der Waals surface area contributed by atoms with Crippen molar-refractivity contribution in [1.29, 1.82) is 0 Å². The number of carbonyl (C=O) groups excluding carboxylic acids is 3. The van der Waals surface area contributed by atoms with Crippen LogP contribution < -0.4 is 0 Å². The summed E-state index contributed by atoms with van der Waals surface area (Å²) in [6.45, 7) is 6.50. The van der Waals surface area contributed by atoms with Gasteiger partial charge < -0.3 is 14.2 Å². The van der Waals surface area contributed by atoms with Gasteiger partial charge in [0.1, 0.15) is 13.2 Å². The van der Waals surface area contributed by atoms with Gasteiger partial charge in [0, 0.05) is 19.3 Å². The number of allylic oxidation sites excluding steroid dienone is 14. The minimum Gasteiger partial charge on any atom is -0.462 e. The zero-order valence-corrected chi connectivity index (χ0v) is 51.7. The summed E-state index contributed by atoms with van der Waals surface area (Å²) in [5.74, 6) is -0.883. The summed E-state index contributed by atoms with van der Waals surface area (Å²) in [5, 5.41) is 0. The summed E-state index contributed by atoms with van der Waals surface area (Å²) in [4.78, 5) is 38.1. The zero-order valence-electron chi connectivity index (χ0n) is 51.7. The molecule has 0 aromatic carbocycles. The minimum atomic E-state index is -0.777. The average Bonchev–Trinajstić information content (AvgIpc) is 3.44. The fourth-order valence-corrected chi connectivity index (χ4v) is 9.66. The van der Waals surface area contributed by atoms with Crippen LogP contribution in [0.15, 0.2) is 85.1 Å². The Labute approximate surface area is 484 Å². The van der Waals surface area contributed by atoms with E-state index < -0.39 is 6.10 Å². The Hall–Kier alpha value is -3.41. The zero-order chi connectivity index (χ0) is 56.4. The summed E-state index contributed by atoms with van der Waals surface area (Å²) >= 11 is 0. The van der Waals surface area contributed by atoms with Gasteiger partial charge >= 0.3 is 17.9 Å². The van der Waals surface area contributed by atoms with Crippen LogP contribution in [-0.4, -0.2) is 37.2 Å². The molecule has 450 valence electrons. The van der Waals surface area contributed by atoms with Crippen molar-refractivity contribution in [1.82, 2.24) is 0 Å². The van der Waals surface area contributed by atoms with Crippen molar-refractivity contribution in [2.24, 2.45) is 0 Å². The highest BCUT2D eigenvalue weighted by molar-refractivity contribution is 5.71. The van der Waals surface area contributed by atoms with Crippen molar-refractivity contribution in [2.45, 2.75) is 341 Å². The van der Waals surface area contributed by atoms with Gasteiger partial charge in [-0.1, -0.05) is 324 Å². The molecule has 0 N–H and O–H groups in total. The monoisotopic (exact) mass is 1090 g/mol. The molecule has 1 unspecified atom stereocenters. The third kappa shape index (κ3) is 63.4. The Morgan fingerprint density at radius 1 is 0.269 bits per heavy atom. The first-order valence-electron chi connectivity index (χ1n) is 33.6. The standard InChI is InChI=1S/C72H126O6/c1-4-7-10-13-16-18-20-22-24-26-28-30-32-34-35-36-37-39-40-42-44-46-48-50-52-54-56-59-62-65-71(74)77-68-69(67-76-70(73)64-61-58-15-12-9-6-3)78-72(75)66-63-60-57-55-53-51-49-47-45-43-41-38-33-31-29-27-25-23-21-19-17-14-11-8-5-2/h7,10,16,18,22,24,28,30,34-35,37,39,42,44,69H,4-6,8-9,11-15,17,19-21,23,25-27,29,31-33,36,38,40-41,43,45-68H2,1-3H3/b10-7-,18-16-,24-22-,30-28-,35-34-,39-37-,44-42-. The van der Waals surface area contributed by atoms with E-state index in [1.54, 1.807) is 0 Å². The van der Waals surface area contributed by atoms with Gasteiger partial charge in [-0.3, -0.25) is 14.4 Å². The summed E-state index contributed by atoms with van der Waals surface area (Å²) in [5.41, 5.74) is 0. The number of hydrogen-bond acceptors (Lipinski definition) is 6. The second-order valence-electron chi connectivity index (χ2n) is 22.4. The summed E-state index contributed by atoms with van der Waals surface area (Å²) in [6, 6.07) is 0. The lowest BCUT2D eigenvalue weighted by Crippen LogP contribution is -2.30. The molecule has 78 heavy (non-hydrogen) atoms. The van der Waals surface area contributed by atoms with E-state index in [-0.39, 0.29) is 31.1 Å². The van der Waals surface area contributed by atoms with Crippen molar-refractivity contribution >= 4 is 17.9 Å². The van der Waals surface area contributed by atoms with Gasteiger partial charge in [-0.25, -0.2) is 0 Å². The molecule has 0 heterocycles. The Morgan fingerprint density at radius 3 is 0.782 bits per heavy atom. The van der Waals surface area contributed by atoms with Crippen LogP contribution in [-0.2, 0) is 28.6 Å². The smallest absolute Gasteiger partial charge is 0.306 e. The molecule has 0 saturated heterocycles. The van der Waals surface area contributed by atoms with E-state index in [4.69, 9.17) is 14.2 Å². The van der Waals surface area contributed by atoms with Crippen LogP contribution in [0.25, 0.3) is 0 Å². The maximum absolute atomic E-state index is 12.9. The number of unbranched alkanes of at least 4 members (excludes halogenated alkanes) is 36. The van der Waals surface area contributed by atoms with Gasteiger partial charge in [-0.15, -0.1) is 0 Å². The van der Waals surface area contributed by atoms with Crippen LogP contribution in [0.2, 0.25) is 0 Å². The third-order valence-electron chi connectivity index (χ3n) is 14.7. The highest BCUT2D eigenvalue weighted by Crippen LogP contribution is 2.18. The molecule has 6 nitrogen and oxygen atoms in total. The van der Waals surface area contributed by atoms with Crippen LogP contribution in [0.4, 0.5) is 0 Å². The Balaban J connectivity index is 4.08.